The maximum atomic E-state index is 11.7. The molecule has 0 saturated carbocycles. The van der Waals surface area contributed by atoms with Gasteiger partial charge in [-0.1, -0.05) is 17.7 Å². The zero-order valence-corrected chi connectivity index (χ0v) is 12.7. The Labute approximate surface area is 121 Å². The van der Waals surface area contributed by atoms with Gasteiger partial charge in [-0.25, -0.2) is 0 Å². The molecule has 1 aliphatic heterocycles. The summed E-state index contributed by atoms with van der Waals surface area (Å²) in [7, 11) is 3.63. The monoisotopic (exact) mass is 275 g/mol. The highest BCUT2D eigenvalue weighted by Gasteiger charge is 2.21. The minimum absolute atomic E-state index is 0.190. The maximum Gasteiger partial charge on any atom is 0.236 e. The van der Waals surface area contributed by atoms with E-state index in [0.717, 1.165) is 25.9 Å². The Morgan fingerprint density at radius 2 is 1.85 bits per heavy atom. The zero-order valence-electron chi connectivity index (χ0n) is 12.7. The van der Waals surface area contributed by atoms with Gasteiger partial charge < -0.3 is 10.2 Å². The summed E-state index contributed by atoms with van der Waals surface area (Å²) < 4.78 is 0. The lowest BCUT2D eigenvalue weighted by atomic mass is 10.0. The van der Waals surface area contributed by atoms with E-state index < -0.39 is 0 Å². The van der Waals surface area contributed by atoms with Crippen molar-refractivity contribution in [3.05, 3.63) is 29.8 Å². The van der Waals surface area contributed by atoms with Crippen LogP contribution in [0.2, 0.25) is 0 Å². The molecule has 1 amide bonds. The highest BCUT2D eigenvalue weighted by atomic mass is 16.2. The fraction of sp³-hybridized carbons (Fsp3) is 0.562. The van der Waals surface area contributed by atoms with Crippen LogP contribution in [-0.4, -0.2) is 55.5 Å². The van der Waals surface area contributed by atoms with Crippen molar-refractivity contribution in [2.24, 2.45) is 0 Å². The lowest BCUT2D eigenvalue weighted by Gasteiger charge is -2.33. The highest BCUT2D eigenvalue weighted by Crippen LogP contribution is 2.17. The van der Waals surface area contributed by atoms with Gasteiger partial charge in [0.1, 0.15) is 0 Å². The number of nitrogens with zero attached hydrogens (tertiary/aromatic N) is 2. The molecule has 4 heteroatoms. The molecule has 0 aromatic heterocycles. The van der Waals surface area contributed by atoms with Crippen LogP contribution in [0.3, 0.4) is 0 Å². The van der Waals surface area contributed by atoms with Crippen LogP contribution in [0.25, 0.3) is 0 Å². The van der Waals surface area contributed by atoms with Gasteiger partial charge in [0, 0.05) is 38.9 Å². The number of hydrogen-bond donors (Lipinski definition) is 1. The first-order valence-corrected chi connectivity index (χ1v) is 7.30. The molecule has 1 aliphatic rings. The van der Waals surface area contributed by atoms with Crippen LogP contribution in [0.5, 0.6) is 0 Å². The Kier molecular flexibility index (Phi) is 5.01. The van der Waals surface area contributed by atoms with Crippen molar-refractivity contribution in [2.75, 3.05) is 39.0 Å². The van der Waals surface area contributed by atoms with E-state index in [1.807, 2.05) is 14.1 Å². The number of piperidine rings is 1. The Balaban J connectivity index is 1.77. The molecule has 0 bridgehead atoms. The Hall–Kier alpha value is -1.55. The maximum absolute atomic E-state index is 11.7. The summed E-state index contributed by atoms with van der Waals surface area (Å²) in [6.45, 7) is 4.63. The molecule has 0 aliphatic carbocycles. The van der Waals surface area contributed by atoms with Gasteiger partial charge in [-0.05, 0) is 31.9 Å². The van der Waals surface area contributed by atoms with Crippen LogP contribution in [0, 0.1) is 6.92 Å². The lowest BCUT2D eigenvalue weighted by molar-refractivity contribution is -0.130. The molecule has 1 aromatic carbocycles. The molecule has 0 unspecified atom stereocenters. The van der Waals surface area contributed by atoms with Gasteiger partial charge in [-0.2, -0.15) is 0 Å². The standard InChI is InChI=1S/C16H25N3O/c1-13-4-6-14(7-5-13)17-15-8-10-19(11-9-15)12-16(20)18(2)3/h4-7,15,17H,8-12H2,1-3H3. The van der Waals surface area contributed by atoms with Gasteiger partial charge in [0.2, 0.25) is 5.91 Å². The molecule has 4 nitrogen and oxygen atoms in total. The molecule has 0 atom stereocenters. The number of carbonyl (C=O) groups excluding carboxylic acids is 1. The quantitative estimate of drug-likeness (QED) is 0.912. The average Bonchev–Trinajstić information content (AvgIpc) is 2.43. The third-order valence-corrected chi connectivity index (χ3v) is 3.87. The van der Waals surface area contributed by atoms with Crippen molar-refractivity contribution >= 4 is 11.6 Å². The van der Waals surface area contributed by atoms with E-state index >= 15 is 0 Å². The van der Waals surface area contributed by atoms with E-state index in [1.54, 1.807) is 4.90 Å². The van der Waals surface area contributed by atoms with Crippen LogP contribution < -0.4 is 5.32 Å². The Morgan fingerprint density at radius 3 is 2.40 bits per heavy atom. The molecular formula is C16H25N3O. The number of carbonyl (C=O) groups is 1. The number of aryl methyl sites for hydroxylation is 1. The topological polar surface area (TPSA) is 35.6 Å². The van der Waals surface area contributed by atoms with E-state index in [-0.39, 0.29) is 5.91 Å². The zero-order chi connectivity index (χ0) is 14.5. The summed E-state index contributed by atoms with van der Waals surface area (Å²) >= 11 is 0. The Morgan fingerprint density at radius 1 is 1.25 bits per heavy atom. The molecule has 20 heavy (non-hydrogen) atoms. The second kappa shape index (κ2) is 6.75. The second-order valence-corrected chi connectivity index (χ2v) is 5.85. The third-order valence-electron chi connectivity index (χ3n) is 3.87. The summed E-state index contributed by atoms with van der Waals surface area (Å²) in [6, 6.07) is 9.05. The van der Waals surface area contributed by atoms with E-state index in [1.165, 1.54) is 11.3 Å². The molecule has 0 spiro atoms. The highest BCUT2D eigenvalue weighted by molar-refractivity contribution is 5.77. The molecule has 1 saturated heterocycles. The van der Waals surface area contributed by atoms with Gasteiger partial charge in [0.25, 0.3) is 0 Å². The van der Waals surface area contributed by atoms with Crippen LogP contribution >= 0.6 is 0 Å². The fourth-order valence-corrected chi connectivity index (χ4v) is 2.45. The average molecular weight is 275 g/mol. The number of anilines is 1. The lowest BCUT2D eigenvalue weighted by Crippen LogP contribution is -2.43. The van der Waals surface area contributed by atoms with Gasteiger partial charge in [0.05, 0.1) is 6.54 Å². The third kappa shape index (κ3) is 4.23. The Bertz CT molecular complexity index is 434. The molecule has 2 rings (SSSR count). The first-order chi connectivity index (χ1) is 9.54. The number of likely N-dealkylation sites (N-methyl/N-ethyl adjacent to an activating group) is 1. The van der Waals surface area contributed by atoms with Gasteiger partial charge in [-0.3, -0.25) is 9.69 Å². The molecule has 0 radical (unpaired) electrons. The van der Waals surface area contributed by atoms with E-state index in [4.69, 9.17) is 0 Å². The van der Waals surface area contributed by atoms with E-state index in [9.17, 15) is 4.79 Å². The molecule has 1 heterocycles. The van der Waals surface area contributed by atoms with Crippen LogP contribution in [-0.2, 0) is 4.79 Å². The van der Waals surface area contributed by atoms with Crippen LogP contribution in [0.15, 0.2) is 24.3 Å². The van der Waals surface area contributed by atoms with Crippen molar-refractivity contribution in [3.63, 3.8) is 0 Å². The number of likely N-dealkylation sites (tertiary alicyclic amines) is 1. The van der Waals surface area contributed by atoms with Crippen molar-refractivity contribution < 1.29 is 4.79 Å². The summed E-state index contributed by atoms with van der Waals surface area (Å²) in [6.07, 6.45) is 2.18. The predicted molar refractivity (Wildman–Crippen MR) is 83.0 cm³/mol. The van der Waals surface area contributed by atoms with E-state index in [0.29, 0.717) is 12.6 Å². The van der Waals surface area contributed by atoms with E-state index in [2.05, 4.69) is 41.4 Å². The number of amides is 1. The molecule has 110 valence electrons. The van der Waals surface area contributed by atoms with Gasteiger partial charge in [-0.15, -0.1) is 0 Å². The smallest absolute Gasteiger partial charge is 0.236 e. The van der Waals surface area contributed by atoms with Gasteiger partial charge in [0.15, 0.2) is 0 Å². The first-order valence-electron chi connectivity index (χ1n) is 7.30. The predicted octanol–water partition coefficient (Wildman–Crippen LogP) is 1.96. The molecule has 1 N–H and O–H groups in total. The summed E-state index contributed by atoms with van der Waals surface area (Å²) in [5, 5.41) is 3.58. The summed E-state index contributed by atoms with van der Waals surface area (Å²) in [5.41, 5.74) is 2.48. The van der Waals surface area contributed by atoms with Crippen molar-refractivity contribution in [3.8, 4) is 0 Å². The molecular weight excluding hydrogens is 250 g/mol. The fourth-order valence-electron chi connectivity index (χ4n) is 2.45. The summed E-state index contributed by atoms with van der Waals surface area (Å²) in [4.78, 5) is 15.6. The minimum Gasteiger partial charge on any atom is -0.382 e. The normalized spacial score (nSPS) is 16.9. The second-order valence-electron chi connectivity index (χ2n) is 5.85. The number of rotatable bonds is 4. The number of hydrogen-bond acceptors (Lipinski definition) is 3. The summed E-state index contributed by atoms with van der Waals surface area (Å²) in [5.74, 6) is 0.190. The van der Waals surface area contributed by atoms with Crippen molar-refractivity contribution in [1.82, 2.24) is 9.80 Å². The number of benzene rings is 1. The minimum atomic E-state index is 0.190. The first kappa shape index (κ1) is 14.9. The van der Waals surface area contributed by atoms with Crippen LogP contribution in [0.4, 0.5) is 5.69 Å². The molecule has 1 fully saturated rings. The van der Waals surface area contributed by atoms with Gasteiger partial charge >= 0.3 is 0 Å². The van der Waals surface area contributed by atoms with Crippen molar-refractivity contribution in [1.29, 1.82) is 0 Å². The SMILES string of the molecule is Cc1ccc(NC2CCN(CC(=O)N(C)C)CC2)cc1. The number of nitrogens with one attached hydrogen (secondary N) is 1. The molecule has 1 aromatic rings. The van der Waals surface area contributed by atoms with Crippen LogP contribution in [0.1, 0.15) is 18.4 Å². The largest absolute Gasteiger partial charge is 0.382 e. The van der Waals surface area contributed by atoms with Crippen molar-refractivity contribution in [2.45, 2.75) is 25.8 Å².